The molecule has 9 heteroatoms. The minimum Gasteiger partial charge on any atom is -0.352 e. The zero-order chi connectivity index (χ0) is 17.9. The van der Waals surface area contributed by atoms with Gasteiger partial charge in [-0.15, -0.1) is 11.3 Å². The number of thiazole rings is 1. The quantitative estimate of drug-likeness (QED) is 0.737. The molecule has 2 amide bonds. The molecule has 8 nitrogen and oxygen atoms in total. The van der Waals surface area contributed by atoms with Crippen LogP contribution in [0.1, 0.15) is 12.0 Å². The maximum Gasteiger partial charge on any atom is 0.229 e. The van der Waals surface area contributed by atoms with Gasteiger partial charge in [-0.05, 0) is 5.56 Å². The number of amides is 2. The van der Waals surface area contributed by atoms with Crippen molar-refractivity contribution in [3.05, 3.63) is 47.8 Å². The fourth-order valence-corrected chi connectivity index (χ4v) is 3.49. The molecule has 0 bridgehead atoms. The highest BCUT2D eigenvalue weighted by Crippen LogP contribution is 2.26. The van der Waals surface area contributed by atoms with Crippen LogP contribution in [-0.2, 0) is 16.1 Å². The van der Waals surface area contributed by atoms with Crippen LogP contribution in [0, 0.1) is 5.92 Å². The summed E-state index contributed by atoms with van der Waals surface area (Å²) in [5.74, 6) is -0.0263. The van der Waals surface area contributed by atoms with E-state index in [2.05, 4.69) is 20.4 Å². The Kier molecular flexibility index (Phi) is 4.44. The fraction of sp³-hybridized carbons (Fsp3) is 0.235. The average Bonchev–Trinajstić information content (AvgIpc) is 3.41. The molecule has 2 aromatic heterocycles. The predicted octanol–water partition coefficient (Wildman–Crippen LogP) is 1.86. The van der Waals surface area contributed by atoms with Gasteiger partial charge in [-0.2, -0.15) is 4.98 Å². The van der Waals surface area contributed by atoms with E-state index in [1.165, 1.54) is 17.7 Å². The standard InChI is InChI=1S/C17H15N5O3S/c23-14-7-13(9-22(14)17-18-5-6-26-17)16(24)19-8-11-1-3-12(4-2-11)15-20-10-25-21-15/h1-6,10,13H,7-9H2,(H,19,24). The lowest BCUT2D eigenvalue weighted by Gasteiger charge is -2.13. The Hall–Kier alpha value is -3.07. The summed E-state index contributed by atoms with van der Waals surface area (Å²) in [6.07, 6.45) is 3.14. The van der Waals surface area contributed by atoms with E-state index >= 15 is 0 Å². The Balaban J connectivity index is 1.33. The smallest absolute Gasteiger partial charge is 0.229 e. The van der Waals surface area contributed by atoms with Crippen molar-refractivity contribution in [1.82, 2.24) is 20.4 Å². The van der Waals surface area contributed by atoms with E-state index in [4.69, 9.17) is 4.52 Å². The van der Waals surface area contributed by atoms with Gasteiger partial charge in [0.2, 0.25) is 24.0 Å². The highest BCUT2D eigenvalue weighted by Gasteiger charge is 2.36. The van der Waals surface area contributed by atoms with Crippen molar-refractivity contribution in [3.63, 3.8) is 0 Å². The lowest BCUT2D eigenvalue weighted by molar-refractivity contribution is -0.126. The Morgan fingerprint density at radius 1 is 1.31 bits per heavy atom. The largest absolute Gasteiger partial charge is 0.352 e. The summed E-state index contributed by atoms with van der Waals surface area (Å²) in [4.78, 5) is 34.2. The number of anilines is 1. The lowest BCUT2D eigenvalue weighted by atomic mass is 10.1. The predicted molar refractivity (Wildman–Crippen MR) is 94.2 cm³/mol. The summed E-state index contributed by atoms with van der Waals surface area (Å²) in [6, 6.07) is 7.53. The van der Waals surface area contributed by atoms with Gasteiger partial charge in [0.25, 0.3) is 0 Å². The third kappa shape index (κ3) is 3.33. The lowest BCUT2D eigenvalue weighted by Crippen LogP contribution is -2.32. The molecule has 0 aliphatic carbocycles. The molecule has 1 N–H and O–H groups in total. The number of carbonyl (C=O) groups excluding carboxylic acids is 2. The summed E-state index contributed by atoms with van der Waals surface area (Å²) < 4.78 is 4.73. The van der Waals surface area contributed by atoms with Gasteiger partial charge in [-0.3, -0.25) is 14.5 Å². The van der Waals surface area contributed by atoms with Crippen molar-refractivity contribution in [2.75, 3.05) is 11.4 Å². The summed E-state index contributed by atoms with van der Waals surface area (Å²) >= 11 is 1.39. The van der Waals surface area contributed by atoms with Crippen LogP contribution in [0.25, 0.3) is 11.4 Å². The van der Waals surface area contributed by atoms with Crippen LogP contribution >= 0.6 is 11.3 Å². The third-order valence-corrected chi connectivity index (χ3v) is 4.98. The van der Waals surface area contributed by atoms with Crippen LogP contribution in [0.2, 0.25) is 0 Å². The summed E-state index contributed by atoms with van der Waals surface area (Å²) in [7, 11) is 0. The van der Waals surface area contributed by atoms with Crippen LogP contribution in [0.4, 0.5) is 5.13 Å². The van der Waals surface area contributed by atoms with Crippen molar-refractivity contribution in [2.45, 2.75) is 13.0 Å². The van der Waals surface area contributed by atoms with Crippen molar-refractivity contribution in [3.8, 4) is 11.4 Å². The minimum atomic E-state index is -0.356. The third-order valence-electron chi connectivity index (χ3n) is 4.19. The molecule has 4 rings (SSSR count). The molecule has 26 heavy (non-hydrogen) atoms. The Morgan fingerprint density at radius 2 is 2.15 bits per heavy atom. The number of nitrogens with one attached hydrogen (secondary N) is 1. The highest BCUT2D eigenvalue weighted by atomic mass is 32.1. The first-order chi connectivity index (χ1) is 12.7. The summed E-state index contributed by atoms with van der Waals surface area (Å²) in [5, 5.41) is 9.13. The molecule has 3 heterocycles. The molecule has 0 spiro atoms. The molecule has 1 unspecified atom stereocenters. The molecular formula is C17H15N5O3S. The summed E-state index contributed by atoms with van der Waals surface area (Å²) in [6.45, 7) is 0.766. The number of carbonyl (C=O) groups is 2. The topological polar surface area (TPSA) is 101 Å². The number of hydrogen-bond acceptors (Lipinski definition) is 7. The first kappa shape index (κ1) is 16.4. The monoisotopic (exact) mass is 369 g/mol. The molecule has 3 aromatic rings. The maximum absolute atomic E-state index is 12.4. The number of hydrogen-bond donors (Lipinski definition) is 1. The van der Waals surface area contributed by atoms with Crippen molar-refractivity contribution >= 4 is 28.3 Å². The second-order valence-electron chi connectivity index (χ2n) is 5.89. The maximum atomic E-state index is 12.4. The first-order valence-electron chi connectivity index (χ1n) is 8.04. The molecular weight excluding hydrogens is 354 g/mol. The highest BCUT2D eigenvalue weighted by molar-refractivity contribution is 7.13. The van der Waals surface area contributed by atoms with Gasteiger partial charge in [-0.1, -0.05) is 29.4 Å². The molecule has 1 saturated heterocycles. The van der Waals surface area contributed by atoms with E-state index in [1.807, 2.05) is 29.6 Å². The second-order valence-corrected chi connectivity index (χ2v) is 6.76. The number of benzene rings is 1. The Bertz CT molecular complexity index is 893. The summed E-state index contributed by atoms with van der Waals surface area (Å²) in [5.41, 5.74) is 1.79. The van der Waals surface area contributed by atoms with E-state index in [-0.39, 0.29) is 24.2 Å². The zero-order valence-corrected chi connectivity index (χ0v) is 14.5. The normalized spacial score (nSPS) is 16.8. The van der Waals surface area contributed by atoms with Gasteiger partial charge in [-0.25, -0.2) is 4.98 Å². The van der Waals surface area contributed by atoms with E-state index in [0.29, 0.717) is 24.0 Å². The van der Waals surface area contributed by atoms with Crippen molar-refractivity contribution in [2.24, 2.45) is 5.92 Å². The first-order valence-corrected chi connectivity index (χ1v) is 8.92. The van der Waals surface area contributed by atoms with Gasteiger partial charge < -0.3 is 9.84 Å². The van der Waals surface area contributed by atoms with Gasteiger partial charge in [0, 0.05) is 36.7 Å². The van der Waals surface area contributed by atoms with Gasteiger partial charge in [0.15, 0.2) is 5.13 Å². The van der Waals surface area contributed by atoms with E-state index in [0.717, 1.165) is 11.1 Å². The molecule has 1 aromatic carbocycles. The fourth-order valence-electron chi connectivity index (χ4n) is 2.82. The number of rotatable bonds is 5. The van der Waals surface area contributed by atoms with Gasteiger partial charge in [0.05, 0.1) is 5.92 Å². The van der Waals surface area contributed by atoms with Crippen LogP contribution in [0.15, 0.2) is 46.8 Å². The van der Waals surface area contributed by atoms with Gasteiger partial charge in [0.1, 0.15) is 0 Å². The van der Waals surface area contributed by atoms with Crippen LogP contribution < -0.4 is 10.2 Å². The van der Waals surface area contributed by atoms with Crippen LogP contribution in [0.5, 0.6) is 0 Å². The van der Waals surface area contributed by atoms with E-state index < -0.39 is 0 Å². The molecule has 132 valence electrons. The molecule has 1 aliphatic rings. The molecule has 1 aliphatic heterocycles. The van der Waals surface area contributed by atoms with Crippen LogP contribution in [-0.4, -0.2) is 33.5 Å². The van der Waals surface area contributed by atoms with Gasteiger partial charge >= 0.3 is 0 Å². The molecule has 1 fully saturated rings. The van der Waals surface area contributed by atoms with Crippen molar-refractivity contribution < 1.29 is 14.1 Å². The van der Waals surface area contributed by atoms with E-state index in [9.17, 15) is 9.59 Å². The second kappa shape index (κ2) is 7.04. The van der Waals surface area contributed by atoms with E-state index in [1.54, 1.807) is 11.1 Å². The minimum absolute atomic E-state index is 0.0652. The van der Waals surface area contributed by atoms with Crippen molar-refractivity contribution in [1.29, 1.82) is 0 Å². The molecule has 0 radical (unpaired) electrons. The average molecular weight is 369 g/mol. The molecule has 1 atom stereocenters. The Labute approximate surface area is 152 Å². The zero-order valence-electron chi connectivity index (χ0n) is 13.7. The number of aromatic nitrogens is 3. The number of nitrogens with zero attached hydrogens (tertiary/aromatic N) is 4. The Morgan fingerprint density at radius 3 is 2.85 bits per heavy atom. The SMILES string of the molecule is O=C(NCc1ccc(-c2ncon2)cc1)C1CC(=O)N(c2nccs2)C1. The molecule has 0 saturated carbocycles. The van der Waals surface area contributed by atoms with Crippen LogP contribution in [0.3, 0.4) is 0 Å².